The van der Waals surface area contributed by atoms with Gasteiger partial charge in [-0.05, 0) is 30.7 Å². The highest BCUT2D eigenvalue weighted by molar-refractivity contribution is 5.85. The van der Waals surface area contributed by atoms with E-state index in [9.17, 15) is 10.2 Å². The predicted octanol–water partition coefficient (Wildman–Crippen LogP) is 1.21. The topological polar surface area (TPSA) is 52.5 Å². The number of hydrogen-bond acceptors (Lipinski definition) is 3. The van der Waals surface area contributed by atoms with Crippen molar-refractivity contribution in [2.24, 2.45) is 0 Å². The monoisotopic (exact) mass is 215 g/mol. The summed E-state index contributed by atoms with van der Waals surface area (Å²) in [6.45, 7) is 0.835. The van der Waals surface area contributed by atoms with Gasteiger partial charge in [0.05, 0.1) is 12.1 Å². The average molecular weight is 216 g/mol. The smallest absolute Gasteiger partial charge is 0.115 e. The van der Waals surface area contributed by atoms with Gasteiger partial charge >= 0.3 is 0 Å². The lowest BCUT2D eigenvalue weighted by Gasteiger charge is -2.14. The molecule has 4 heteroatoms. The summed E-state index contributed by atoms with van der Waals surface area (Å²) in [5.41, 5.74) is 0.949. The van der Waals surface area contributed by atoms with Gasteiger partial charge in [-0.2, -0.15) is 0 Å². The Bertz CT molecular complexity index is 306. The Hall–Kier alpha value is -0.770. The first-order chi connectivity index (χ1) is 6.27. The Balaban J connectivity index is 0.000000980. The van der Waals surface area contributed by atoms with Crippen LogP contribution in [0, 0.1) is 0 Å². The first-order valence-electron chi connectivity index (χ1n) is 4.48. The number of phenolic OH excluding ortho intramolecular Hbond substituents is 1. The fraction of sp³-hybridized carbons (Fsp3) is 0.400. The Labute approximate surface area is 89.2 Å². The van der Waals surface area contributed by atoms with Crippen LogP contribution >= 0.6 is 12.4 Å². The normalized spacial score (nSPS) is 25.8. The van der Waals surface area contributed by atoms with E-state index in [0.29, 0.717) is 0 Å². The van der Waals surface area contributed by atoms with Gasteiger partial charge in [-0.3, -0.25) is 0 Å². The molecule has 3 N–H and O–H groups in total. The Kier molecular flexibility index (Phi) is 3.75. The van der Waals surface area contributed by atoms with Gasteiger partial charge in [-0.25, -0.2) is 0 Å². The minimum Gasteiger partial charge on any atom is -0.508 e. The lowest BCUT2D eigenvalue weighted by molar-refractivity contribution is 0.160. The molecular formula is C10H14ClNO2. The standard InChI is InChI=1S/C10H13NO2.ClH/c12-8-3-1-2-7(6-8)10-9(13)4-5-11-10;/h1-3,6,9-13H,4-5H2;1H. The number of nitrogens with one attached hydrogen (secondary N) is 1. The molecule has 0 aliphatic carbocycles. The molecule has 0 bridgehead atoms. The van der Waals surface area contributed by atoms with Crippen LogP contribution in [0.3, 0.4) is 0 Å². The molecule has 0 aromatic heterocycles. The molecule has 2 atom stereocenters. The van der Waals surface area contributed by atoms with Crippen LogP contribution in [0.1, 0.15) is 18.0 Å². The van der Waals surface area contributed by atoms with E-state index in [0.717, 1.165) is 18.5 Å². The molecule has 0 spiro atoms. The van der Waals surface area contributed by atoms with E-state index < -0.39 is 0 Å². The zero-order valence-electron chi connectivity index (χ0n) is 7.68. The first kappa shape index (κ1) is 11.3. The van der Waals surface area contributed by atoms with E-state index in [4.69, 9.17) is 0 Å². The van der Waals surface area contributed by atoms with Crippen molar-refractivity contribution in [1.29, 1.82) is 0 Å². The van der Waals surface area contributed by atoms with E-state index in [2.05, 4.69) is 5.32 Å². The third-order valence-corrected chi connectivity index (χ3v) is 2.42. The summed E-state index contributed by atoms with van der Waals surface area (Å²) in [6.07, 6.45) is 0.446. The van der Waals surface area contributed by atoms with Crippen LogP contribution in [-0.4, -0.2) is 22.9 Å². The summed E-state index contributed by atoms with van der Waals surface area (Å²) < 4.78 is 0. The second-order valence-corrected chi connectivity index (χ2v) is 3.38. The van der Waals surface area contributed by atoms with Crippen LogP contribution in [0.15, 0.2) is 24.3 Å². The Morgan fingerprint density at radius 2 is 2.14 bits per heavy atom. The van der Waals surface area contributed by atoms with Crippen molar-refractivity contribution in [2.75, 3.05) is 6.54 Å². The van der Waals surface area contributed by atoms with Crippen LogP contribution in [0.4, 0.5) is 0 Å². The summed E-state index contributed by atoms with van der Waals surface area (Å²) >= 11 is 0. The van der Waals surface area contributed by atoms with Gasteiger partial charge < -0.3 is 15.5 Å². The van der Waals surface area contributed by atoms with Gasteiger partial charge in [-0.1, -0.05) is 12.1 Å². The van der Waals surface area contributed by atoms with Crippen LogP contribution < -0.4 is 5.32 Å². The SMILES string of the molecule is Cl.Oc1cccc(C2NCCC2O)c1. The lowest BCUT2D eigenvalue weighted by atomic mass is 10.0. The van der Waals surface area contributed by atoms with Crippen molar-refractivity contribution in [3.63, 3.8) is 0 Å². The van der Waals surface area contributed by atoms with Gasteiger partial charge in [0, 0.05) is 0 Å². The van der Waals surface area contributed by atoms with Crippen molar-refractivity contribution < 1.29 is 10.2 Å². The number of hydrogen-bond donors (Lipinski definition) is 3. The molecule has 0 saturated carbocycles. The number of aromatic hydroxyl groups is 1. The highest BCUT2D eigenvalue weighted by Gasteiger charge is 2.25. The molecule has 0 radical (unpaired) electrons. The highest BCUT2D eigenvalue weighted by atomic mass is 35.5. The zero-order valence-corrected chi connectivity index (χ0v) is 8.50. The van der Waals surface area contributed by atoms with Gasteiger partial charge in [0.2, 0.25) is 0 Å². The minimum absolute atomic E-state index is 0. The van der Waals surface area contributed by atoms with Crippen molar-refractivity contribution in [2.45, 2.75) is 18.6 Å². The van der Waals surface area contributed by atoms with E-state index in [1.807, 2.05) is 6.07 Å². The molecule has 1 aliphatic heterocycles. The van der Waals surface area contributed by atoms with Gasteiger partial charge in [0.1, 0.15) is 5.75 Å². The van der Waals surface area contributed by atoms with Crippen LogP contribution in [0.2, 0.25) is 0 Å². The second-order valence-electron chi connectivity index (χ2n) is 3.38. The van der Waals surface area contributed by atoms with Gasteiger partial charge in [0.25, 0.3) is 0 Å². The number of phenols is 1. The molecule has 1 heterocycles. The molecule has 0 amide bonds. The number of aliphatic hydroxyl groups is 1. The van der Waals surface area contributed by atoms with Crippen LogP contribution in [0.25, 0.3) is 0 Å². The molecular weight excluding hydrogens is 202 g/mol. The molecule has 2 rings (SSSR count). The average Bonchev–Trinajstić information content (AvgIpc) is 2.51. The van der Waals surface area contributed by atoms with Crippen molar-refractivity contribution in [3.8, 4) is 5.75 Å². The number of rotatable bonds is 1. The first-order valence-corrected chi connectivity index (χ1v) is 4.48. The van der Waals surface area contributed by atoms with E-state index in [-0.39, 0.29) is 30.3 Å². The van der Waals surface area contributed by atoms with Gasteiger partial charge in [0.15, 0.2) is 0 Å². The van der Waals surface area contributed by atoms with E-state index in [1.54, 1.807) is 18.2 Å². The number of benzene rings is 1. The maximum Gasteiger partial charge on any atom is 0.115 e. The molecule has 14 heavy (non-hydrogen) atoms. The fourth-order valence-corrected chi connectivity index (χ4v) is 1.75. The van der Waals surface area contributed by atoms with Crippen molar-refractivity contribution in [1.82, 2.24) is 5.32 Å². The molecule has 1 saturated heterocycles. The molecule has 78 valence electrons. The predicted molar refractivity (Wildman–Crippen MR) is 56.7 cm³/mol. The summed E-state index contributed by atoms with van der Waals surface area (Å²) in [6, 6.07) is 6.99. The van der Waals surface area contributed by atoms with Crippen molar-refractivity contribution >= 4 is 12.4 Å². The quantitative estimate of drug-likeness (QED) is 0.660. The lowest BCUT2D eigenvalue weighted by Crippen LogP contribution is -2.20. The molecule has 2 unspecified atom stereocenters. The maximum atomic E-state index is 9.59. The summed E-state index contributed by atoms with van der Waals surface area (Å²) in [4.78, 5) is 0. The molecule has 1 aliphatic rings. The number of halogens is 1. The number of aliphatic hydroxyl groups excluding tert-OH is 1. The van der Waals surface area contributed by atoms with Crippen molar-refractivity contribution in [3.05, 3.63) is 29.8 Å². The fourth-order valence-electron chi connectivity index (χ4n) is 1.75. The highest BCUT2D eigenvalue weighted by Crippen LogP contribution is 2.25. The maximum absolute atomic E-state index is 9.59. The molecule has 1 fully saturated rings. The van der Waals surface area contributed by atoms with Crippen LogP contribution in [-0.2, 0) is 0 Å². The second kappa shape index (κ2) is 4.64. The summed E-state index contributed by atoms with van der Waals surface area (Å²) in [5.74, 6) is 0.249. The molecule has 3 nitrogen and oxygen atoms in total. The molecule has 1 aromatic carbocycles. The zero-order chi connectivity index (χ0) is 9.26. The third kappa shape index (κ3) is 2.18. The summed E-state index contributed by atoms with van der Waals surface area (Å²) in [5, 5.41) is 22.0. The van der Waals surface area contributed by atoms with Gasteiger partial charge in [-0.15, -0.1) is 12.4 Å². The summed E-state index contributed by atoms with van der Waals surface area (Å²) in [7, 11) is 0. The Morgan fingerprint density at radius 1 is 1.36 bits per heavy atom. The van der Waals surface area contributed by atoms with E-state index in [1.165, 1.54) is 0 Å². The van der Waals surface area contributed by atoms with E-state index >= 15 is 0 Å². The van der Waals surface area contributed by atoms with Crippen LogP contribution in [0.5, 0.6) is 5.75 Å². The molecule has 1 aromatic rings. The Morgan fingerprint density at radius 3 is 2.71 bits per heavy atom. The minimum atomic E-state index is -0.332. The largest absolute Gasteiger partial charge is 0.508 e. The third-order valence-electron chi connectivity index (χ3n) is 2.42.